The molecule has 26 heavy (non-hydrogen) atoms. The van der Waals surface area contributed by atoms with Crippen LogP contribution in [0.4, 0.5) is 0 Å². The standard InChI is InChI=1S/C21H32N4O/c1-18(2)25-12-11-24(15-19(25)3)16-20-6-4-7-21(14-20)26-13-5-9-23-10-8-22-17-23/h4,6-8,10,14,17-19H,5,9,11-13,15-16H2,1-3H3. The summed E-state index contributed by atoms with van der Waals surface area (Å²) in [6.45, 7) is 13.0. The molecule has 0 spiro atoms. The zero-order chi connectivity index (χ0) is 18.4. The summed E-state index contributed by atoms with van der Waals surface area (Å²) < 4.78 is 8.02. The van der Waals surface area contributed by atoms with Crippen LogP contribution in [0.15, 0.2) is 43.0 Å². The molecule has 0 saturated carbocycles. The van der Waals surface area contributed by atoms with Crippen molar-refractivity contribution in [3.05, 3.63) is 48.5 Å². The summed E-state index contributed by atoms with van der Waals surface area (Å²) in [7, 11) is 0. The Bertz CT molecular complexity index is 656. The summed E-state index contributed by atoms with van der Waals surface area (Å²) in [5, 5.41) is 0. The lowest BCUT2D eigenvalue weighted by Gasteiger charge is -2.42. The molecule has 2 heterocycles. The number of nitrogens with zero attached hydrogens (tertiary/aromatic N) is 4. The van der Waals surface area contributed by atoms with Gasteiger partial charge in [0.05, 0.1) is 12.9 Å². The van der Waals surface area contributed by atoms with Crippen LogP contribution in [0.3, 0.4) is 0 Å². The smallest absolute Gasteiger partial charge is 0.119 e. The highest BCUT2D eigenvalue weighted by Gasteiger charge is 2.25. The van der Waals surface area contributed by atoms with Crippen LogP contribution < -0.4 is 4.74 Å². The molecule has 142 valence electrons. The average Bonchev–Trinajstić information content (AvgIpc) is 3.12. The summed E-state index contributed by atoms with van der Waals surface area (Å²) in [5.41, 5.74) is 1.34. The number of benzene rings is 1. The first-order chi connectivity index (χ1) is 12.6. The van der Waals surface area contributed by atoms with Gasteiger partial charge in [0.1, 0.15) is 5.75 Å². The van der Waals surface area contributed by atoms with Gasteiger partial charge in [-0.2, -0.15) is 0 Å². The average molecular weight is 357 g/mol. The maximum absolute atomic E-state index is 5.94. The predicted octanol–water partition coefficient (Wildman–Crippen LogP) is 3.27. The second-order valence-electron chi connectivity index (χ2n) is 7.57. The van der Waals surface area contributed by atoms with Crippen LogP contribution in [0.25, 0.3) is 0 Å². The number of hydrogen-bond acceptors (Lipinski definition) is 4. The van der Waals surface area contributed by atoms with Crippen molar-refractivity contribution in [2.75, 3.05) is 26.2 Å². The highest BCUT2D eigenvalue weighted by Crippen LogP contribution is 2.18. The van der Waals surface area contributed by atoms with Crippen molar-refractivity contribution in [2.45, 2.75) is 52.4 Å². The Hall–Kier alpha value is -1.85. The summed E-state index contributed by atoms with van der Waals surface area (Å²) in [5.74, 6) is 0.974. The van der Waals surface area contributed by atoms with Crippen LogP contribution in [-0.2, 0) is 13.1 Å². The van der Waals surface area contributed by atoms with Crippen LogP contribution in [0, 0.1) is 0 Å². The minimum Gasteiger partial charge on any atom is -0.494 e. The lowest BCUT2D eigenvalue weighted by atomic mass is 10.1. The molecule has 1 aromatic carbocycles. The minimum absolute atomic E-state index is 0.617. The molecule has 5 heteroatoms. The molecule has 0 amide bonds. The molecule has 1 fully saturated rings. The fourth-order valence-corrected chi connectivity index (χ4v) is 3.81. The molecule has 2 aromatic rings. The van der Waals surface area contributed by atoms with Crippen molar-refractivity contribution in [3.8, 4) is 5.75 Å². The van der Waals surface area contributed by atoms with Gasteiger partial charge in [-0.1, -0.05) is 12.1 Å². The van der Waals surface area contributed by atoms with E-state index in [-0.39, 0.29) is 0 Å². The van der Waals surface area contributed by atoms with E-state index in [0.717, 1.165) is 51.5 Å². The molecule has 3 rings (SSSR count). The Morgan fingerprint density at radius 2 is 2.15 bits per heavy atom. The van der Waals surface area contributed by atoms with Crippen molar-refractivity contribution in [1.29, 1.82) is 0 Å². The second kappa shape index (κ2) is 9.19. The second-order valence-corrected chi connectivity index (χ2v) is 7.57. The summed E-state index contributed by atoms with van der Waals surface area (Å²) in [6, 6.07) is 9.81. The molecular weight excluding hydrogens is 324 g/mol. The van der Waals surface area contributed by atoms with Gasteiger partial charge in [-0.25, -0.2) is 4.98 Å². The number of aromatic nitrogens is 2. The van der Waals surface area contributed by atoms with Crippen molar-refractivity contribution in [2.24, 2.45) is 0 Å². The lowest BCUT2D eigenvalue weighted by molar-refractivity contribution is 0.0564. The Morgan fingerprint density at radius 3 is 2.88 bits per heavy atom. The van der Waals surface area contributed by atoms with Gasteiger partial charge in [-0.15, -0.1) is 0 Å². The number of ether oxygens (including phenoxy) is 1. The van der Waals surface area contributed by atoms with Crippen LogP contribution in [0.2, 0.25) is 0 Å². The highest BCUT2D eigenvalue weighted by molar-refractivity contribution is 5.28. The van der Waals surface area contributed by atoms with Crippen LogP contribution in [0.1, 0.15) is 32.8 Å². The number of hydrogen-bond donors (Lipinski definition) is 0. The Morgan fingerprint density at radius 1 is 1.27 bits per heavy atom. The van der Waals surface area contributed by atoms with E-state index in [1.165, 1.54) is 5.56 Å². The molecule has 0 aliphatic carbocycles. The van der Waals surface area contributed by atoms with E-state index in [0.29, 0.717) is 12.1 Å². The van der Waals surface area contributed by atoms with Gasteiger partial charge >= 0.3 is 0 Å². The molecular formula is C21H32N4O. The van der Waals surface area contributed by atoms with E-state index in [9.17, 15) is 0 Å². The van der Waals surface area contributed by atoms with Crippen LogP contribution >= 0.6 is 0 Å². The van der Waals surface area contributed by atoms with Gasteiger partial charge in [-0.3, -0.25) is 9.80 Å². The largest absolute Gasteiger partial charge is 0.494 e. The van der Waals surface area contributed by atoms with Crippen molar-refractivity contribution >= 4 is 0 Å². The zero-order valence-corrected chi connectivity index (χ0v) is 16.3. The van der Waals surface area contributed by atoms with E-state index in [1.807, 2.05) is 18.7 Å². The van der Waals surface area contributed by atoms with Crippen molar-refractivity contribution in [3.63, 3.8) is 0 Å². The first-order valence-corrected chi connectivity index (χ1v) is 9.77. The van der Waals surface area contributed by atoms with E-state index >= 15 is 0 Å². The SMILES string of the molecule is CC(C)N1CCN(Cc2cccc(OCCCn3ccnc3)c2)CC1C. The van der Waals surface area contributed by atoms with E-state index < -0.39 is 0 Å². The van der Waals surface area contributed by atoms with Crippen molar-refractivity contribution < 1.29 is 4.74 Å². The van der Waals surface area contributed by atoms with E-state index in [4.69, 9.17) is 4.74 Å². The first kappa shape index (κ1) is 18.9. The number of rotatable bonds is 8. The summed E-state index contributed by atoms with van der Waals surface area (Å²) in [4.78, 5) is 9.21. The number of imidazole rings is 1. The lowest BCUT2D eigenvalue weighted by Crippen LogP contribution is -2.53. The molecule has 1 aromatic heterocycles. The molecule has 1 atom stereocenters. The van der Waals surface area contributed by atoms with Gasteiger partial charge in [0, 0.05) is 57.2 Å². The molecule has 1 saturated heterocycles. The molecule has 0 radical (unpaired) electrons. The topological polar surface area (TPSA) is 33.5 Å². The third-order valence-electron chi connectivity index (χ3n) is 5.12. The molecule has 1 unspecified atom stereocenters. The Kier molecular flexibility index (Phi) is 6.69. The van der Waals surface area contributed by atoms with Crippen LogP contribution in [-0.4, -0.2) is 57.7 Å². The van der Waals surface area contributed by atoms with Gasteiger partial charge in [0.15, 0.2) is 0 Å². The number of aryl methyl sites for hydroxylation is 1. The highest BCUT2D eigenvalue weighted by atomic mass is 16.5. The monoisotopic (exact) mass is 356 g/mol. The van der Waals surface area contributed by atoms with Gasteiger partial charge in [0.25, 0.3) is 0 Å². The Balaban J connectivity index is 1.45. The van der Waals surface area contributed by atoms with Gasteiger partial charge in [-0.05, 0) is 44.9 Å². The summed E-state index contributed by atoms with van der Waals surface area (Å²) >= 11 is 0. The van der Waals surface area contributed by atoms with Gasteiger partial charge < -0.3 is 9.30 Å². The molecule has 1 aliphatic heterocycles. The normalized spacial score (nSPS) is 19.2. The first-order valence-electron chi connectivity index (χ1n) is 9.77. The van der Waals surface area contributed by atoms with E-state index in [1.54, 1.807) is 0 Å². The quantitative estimate of drug-likeness (QED) is 0.680. The summed E-state index contributed by atoms with van der Waals surface area (Å²) in [6.07, 6.45) is 6.63. The van der Waals surface area contributed by atoms with Crippen molar-refractivity contribution in [1.82, 2.24) is 19.4 Å². The third kappa shape index (κ3) is 5.32. The molecule has 0 N–H and O–H groups in total. The van der Waals surface area contributed by atoms with E-state index in [2.05, 4.69) is 64.4 Å². The zero-order valence-electron chi connectivity index (χ0n) is 16.3. The fourth-order valence-electron chi connectivity index (χ4n) is 3.81. The maximum atomic E-state index is 5.94. The maximum Gasteiger partial charge on any atom is 0.119 e. The third-order valence-corrected chi connectivity index (χ3v) is 5.12. The molecule has 5 nitrogen and oxygen atoms in total. The molecule has 0 bridgehead atoms. The van der Waals surface area contributed by atoms with Crippen LogP contribution in [0.5, 0.6) is 5.75 Å². The fraction of sp³-hybridized carbons (Fsp3) is 0.571. The minimum atomic E-state index is 0.617. The van der Waals surface area contributed by atoms with Gasteiger partial charge in [0.2, 0.25) is 0 Å². The number of piperazine rings is 1. The Labute approximate surface area is 157 Å². The molecule has 1 aliphatic rings. The predicted molar refractivity (Wildman–Crippen MR) is 105 cm³/mol.